The molecule has 0 unspecified atom stereocenters. The molecule has 0 atom stereocenters. The summed E-state index contributed by atoms with van der Waals surface area (Å²) in [5, 5.41) is 0. The maximum absolute atomic E-state index is 6.02. The molecule has 4 heteroatoms. The van der Waals surface area contributed by atoms with Crippen LogP contribution in [0.5, 0.6) is 11.5 Å². The summed E-state index contributed by atoms with van der Waals surface area (Å²) in [5.41, 5.74) is 7.30. The molecule has 18 heavy (non-hydrogen) atoms. The highest BCUT2D eigenvalue weighted by molar-refractivity contribution is 5.46. The Morgan fingerprint density at radius 1 is 1.00 bits per heavy atom. The van der Waals surface area contributed by atoms with Gasteiger partial charge in [0.1, 0.15) is 13.2 Å². The summed E-state index contributed by atoms with van der Waals surface area (Å²) >= 11 is 0. The van der Waals surface area contributed by atoms with Crippen LogP contribution in [0.3, 0.4) is 0 Å². The van der Waals surface area contributed by atoms with Crippen molar-refractivity contribution in [2.24, 2.45) is 5.73 Å². The zero-order valence-corrected chi connectivity index (χ0v) is 10.5. The topological polar surface area (TPSA) is 53.7 Å². The Balaban J connectivity index is 1.94. The number of rotatable bonds is 2. The molecule has 0 saturated carbocycles. The van der Waals surface area contributed by atoms with Crippen molar-refractivity contribution in [2.75, 3.05) is 33.0 Å². The molecule has 0 bridgehead atoms. The first kappa shape index (κ1) is 11.8. The van der Waals surface area contributed by atoms with Gasteiger partial charge >= 0.3 is 0 Å². The third-order valence-electron chi connectivity index (χ3n) is 4.00. The van der Waals surface area contributed by atoms with Gasteiger partial charge in [-0.15, -0.1) is 0 Å². The Hall–Kier alpha value is -1.26. The van der Waals surface area contributed by atoms with Crippen LogP contribution in [0.1, 0.15) is 18.4 Å². The summed E-state index contributed by atoms with van der Waals surface area (Å²) < 4.78 is 16.6. The second-order valence-electron chi connectivity index (χ2n) is 4.96. The molecule has 4 nitrogen and oxygen atoms in total. The van der Waals surface area contributed by atoms with Crippen molar-refractivity contribution < 1.29 is 14.2 Å². The van der Waals surface area contributed by atoms with Crippen LogP contribution in [-0.4, -0.2) is 33.0 Å². The van der Waals surface area contributed by atoms with E-state index in [1.165, 1.54) is 5.56 Å². The van der Waals surface area contributed by atoms with Gasteiger partial charge in [-0.3, -0.25) is 0 Å². The highest BCUT2D eigenvalue weighted by Gasteiger charge is 2.34. The van der Waals surface area contributed by atoms with E-state index in [4.69, 9.17) is 19.9 Å². The highest BCUT2D eigenvalue weighted by atomic mass is 16.6. The number of fused-ring (bicyclic) bond motifs is 1. The second kappa shape index (κ2) is 4.78. The molecule has 0 spiro atoms. The molecule has 2 heterocycles. The predicted octanol–water partition coefficient (Wildman–Crippen LogP) is 1.46. The van der Waals surface area contributed by atoms with Gasteiger partial charge in [0.15, 0.2) is 11.5 Å². The molecule has 0 aromatic heterocycles. The van der Waals surface area contributed by atoms with Crippen molar-refractivity contribution in [3.63, 3.8) is 0 Å². The lowest BCUT2D eigenvalue weighted by Gasteiger charge is -2.37. The van der Waals surface area contributed by atoms with Crippen LogP contribution in [0.4, 0.5) is 0 Å². The molecule has 98 valence electrons. The van der Waals surface area contributed by atoms with Crippen LogP contribution in [0.15, 0.2) is 18.2 Å². The first-order valence-corrected chi connectivity index (χ1v) is 6.52. The van der Waals surface area contributed by atoms with Crippen molar-refractivity contribution in [1.29, 1.82) is 0 Å². The van der Waals surface area contributed by atoms with Gasteiger partial charge in [-0.25, -0.2) is 0 Å². The minimum atomic E-state index is 0.0358. The van der Waals surface area contributed by atoms with Crippen LogP contribution in [-0.2, 0) is 10.2 Å². The van der Waals surface area contributed by atoms with Crippen LogP contribution >= 0.6 is 0 Å². The molecule has 2 aliphatic rings. The lowest BCUT2D eigenvalue weighted by atomic mass is 9.74. The first-order chi connectivity index (χ1) is 8.84. The predicted molar refractivity (Wildman–Crippen MR) is 68.2 cm³/mol. The van der Waals surface area contributed by atoms with E-state index in [1.807, 2.05) is 6.07 Å². The summed E-state index contributed by atoms with van der Waals surface area (Å²) in [5.74, 6) is 1.68. The molecule has 1 saturated heterocycles. The van der Waals surface area contributed by atoms with Gasteiger partial charge in [0.25, 0.3) is 0 Å². The lowest BCUT2D eigenvalue weighted by Crippen LogP contribution is -2.40. The monoisotopic (exact) mass is 249 g/mol. The van der Waals surface area contributed by atoms with Gasteiger partial charge in [0.05, 0.1) is 0 Å². The largest absolute Gasteiger partial charge is 0.486 e. The Kier molecular flexibility index (Phi) is 3.14. The smallest absolute Gasteiger partial charge is 0.161 e. The summed E-state index contributed by atoms with van der Waals surface area (Å²) in [6.07, 6.45) is 1.95. The van der Waals surface area contributed by atoms with Crippen molar-refractivity contribution in [1.82, 2.24) is 0 Å². The first-order valence-electron chi connectivity index (χ1n) is 6.52. The molecule has 2 aliphatic heterocycles. The molecule has 2 N–H and O–H groups in total. The zero-order chi connectivity index (χ0) is 12.4. The molecular weight excluding hydrogens is 230 g/mol. The van der Waals surface area contributed by atoms with Gasteiger partial charge in [0.2, 0.25) is 0 Å². The third-order valence-corrected chi connectivity index (χ3v) is 4.00. The maximum atomic E-state index is 6.02. The maximum Gasteiger partial charge on any atom is 0.161 e. The zero-order valence-electron chi connectivity index (χ0n) is 10.5. The van der Waals surface area contributed by atoms with Crippen molar-refractivity contribution >= 4 is 0 Å². The van der Waals surface area contributed by atoms with E-state index < -0.39 is 0 Å². The molecule has 0 radical (unpaired) electrons. The molecule has 0 aliphatic carbocycles. The van der Waals surface area contributed by atoms with Gasteiger partial charge in [-0.2, -0.15) is 0 Å². The Bertz CT molecular complexity index is 427. The average Bonchev–Trinajstić information content (AvgIpc) is 2.47. The Morgan fingerprint density at radius 3 is 2.44 bits per heavy atom. The lowest BCUT2D eigenvalue weighted by molar-refractivity contribution is 0.0527. The number of ether oxygens (including phenoxy) is 3. The van der Waals surface area contributed by atoms with Gasteiger partial charge in [-0.1, -0.05) is 6.07 Å². The number of hydrogen-bond acceptors (Lipinski definition) is 4. The molecule has 1 aromatic rings. The van der Waals surface area contributed by atoms with Crippen molar-refractivity contribution in [3.05, 3.63) is 23.8 Å². The summed E-state index contributed by atoms with van der Waals surface area (Å²) in [7, 11) is 0. The van der Waals surface area contributed by atoms with Gasteiger partial charge in [0, 0.05) is 25.2 Å². The van der Waals surface area contributed by atoms with Crippen molar-refractivity contribution in [3.8, 4) is 11.5 Å². The van der Waals surface area contributed by atoms with E-state index in [9.17, 15) is 0 Å². The van der Waals surface area contributed by atoms with Crippen LogP contribution in [0.2, 0.25) is 0 Å². The minimum absolute atomic E-state index is 0.0358. The van der Waals surface area contributed by atoms with Gasteiger partial charge in [-0.05, 0) is 30.5 Å². The fourth-order valence-corrected chi connectivity index (χ4v) is 2.75. The van der Waals surface area contributed by atoms with Gasteiger partial charge < -0.3 is 19.9 Å². The molecule has 1 fully saturated rings. The fraction of sp³-hybridized carbons (Fsp3) is 0.571. The van der Waals surface area contributed by atoms with E-state index in [0.717, 1.165) is 37.6 Å². The molecule has 0 amide bonds. The van der Waals surface area contributed by atoms with Crippen LogP contribution < -0.4 is 15.2 Å². The average molecular weight is 249 g/mol. The van der Waals surface area contributed by atoms with E-state index >= 15 is 0 Å². The number of nitrogens with two attached hydrogens (primary N) is 1. The number of benzene rings is 1. The molecule has 1 aromatic carbocycles. The SMILES string of the molecule is NCC1(c2ccc3c(c2)OCCO3)CCOCC1. The Labute approximate surface area is 107 Å². The fourth-order valence-electron chi connectivity index (χ4n) is 2.75. The van der Waals surface area contributed by atoms with E-state index in [2.05, 4.69) is 12.1 Å². The second-order valence-corrected chi connectivity index (χ2v) is 4.96. The summed E-state index contributed by atoms with van der Waals surface area (Å²) in [4.78, 5) is 0. The quantitative estimate of drug-likeness (QED) is 0.862. The molecular formula is C14H19NO3. The van der Waals surface area contributed by atoms with E-state index in [-0.39, 0.29) is 5.41 Å². The highest BCUT2D eigenvalue weighted by Crippen LogP contribution is 2.39. The van der Waals surface area contributed by atoms with E-state index in [1.54, 1.807) is 0 Å². The van der Waals surface area contributed by atoms with E-state index in [0.29, 0.717) is 19.8 Å². The number of hydrogen-bond donors (Lipinski definition) is 1. The normalized spacial score (nSPS) is 21.6. The minimum Gasteiger partial charge on any atom is -0.486 e. The Morgan fingerprint density at radius 2 is 1.72 bits per heavy atom. The summed E-state index contributed by atoms with van der Waals surface area (Å²) in [6.45, 7) is 3.46. The van der Waals surface area contributed by atoms with Crippen molar-refractivity contribution in [2.45, 2.75) is 18.3 Å². The standard InChI is InChI=1S/C14H19NO3/c15-10-14(3-5-16-6-4-14)11-1-2-12-13(9-11)18-8-7-17-12/h1-2,9H,3-8,10,15H2. The van der Waals surface area contributed by atoms with Crippen LogP contribution in [0, 0.1) is 0 Å². The molecule has 3 rings (SSSR count). The third kappa shape index (κ3) is 1.95. The van der Waals surface area contributed by atoms with Crippen LogP contribution in [0.25, 0.3) is 0 Å². The summed E-state index contributed by atoms with van der Waals surface area (Å²) in [6, 6.07) is 6.20.